The Bertz CT molecular complexity index is 1210. The summed E-state index contributed by atoms with van der Waals surface area (Å²) in [6.07, 6.45) is 1.77. The van der Waals surface area contributed by atoms with Crippen LogP contribution in [-0.2, 0) is 27.8 Å². The van der Waals surface area contributed by atoms with Gasteiger partial charge in [0.1, 0.15) is 6.61 Å². The second kappa shape index (κ2) is 7.60. The highest BCUT2D eigenvalue weighted by molar-refractivity contribution is 7.92. The molecular weight excluding hydrogens is 402 g/mol. The topological polar surface area (TPSA) is 81.5 Å². The number of esters is 1. The van der Waals surface area contributed by atoms with E-state index in [4.69, 9.17) is 4.74 Å². The average molecular weight is 426 g/mol. The summed E-state index contributed by atoms with van der Waals surface area (Å²) in [7, 11) is -3.31. The minimum atomic E-state index is -3.31. The predicted octanol–water partition coefficient (Wildman–Crippen LogP) is 3.17. The molecule has 7 nitrogen and oxygen atoms in total. The summed E-state index contributed by atoms with van der Waals surface area (Å²) in [5.41, 5.74) is 5.72. The standard InChI is InChI=1S/C22H23N3O4S/c1-15-12-16(2)25(23-15)20-7-4-17(5-8-20)14-29-22(26)19-6-9-21-18(13-19)10-11-24(21)30(3,27)28/h4-9,12-13H,10-11,14H2,1-3H3. The SMILES string of the molecule is Cc1cc(C)n(-c2ccc(COC(=O)c3ccc4c(c3)CCN4S(C)(=O)=O)cc2)n1. The van der Waals surface area contributed by atoms with Crippen LogP contribution in [0.25, 0.3) is 5.69 Å². The normalized spacial score (nSPS) is 13.4. The van der Waals surface area contributed by atoms with Crippen molar-refractivity contribution in [3.8, 4) is 5.69 Å². The number of benzene rings is 2. The first-order valence-corrected chi connectivity index (χ1v) is 11.5. The predicted molar refractivity (Wildman–Crippen MR) is 114 cm³/mol. The van der Waals surface area contributed by atoms with E-state index in [-0.39, 0.29) is 6.61 Å². The molecule has 30 heavy (non-hydrogen) atoms. The van der Waals surface area contributed by atoms with E-state index in [9.17, 15) is 13.2 Å². The van der Waals surface area contributed by atoms with Gasteiger partial charge >= 0.3 is 5.97 Å². The zero-order valence-corrected chi connectivity index (χ0v) is 17.9. The molecule has 0 spiro atoms. The highest BCUT2D eigenvalue weighted by atomic mass is 32.2. The van der Waals surface area contributed by atoms with Crippen molar-refractivity contribution in [2.45, 2.75) is 26.9 Å². The van der Waals surface area contributed by atoms with Crippen LogP contribution in [0.15, 0.2) is 48.5 Å². The van der Waals surface area contributed by atoms with Gasteiger partial charge in [-0.25, -0.2) is 17.9 Å². The first-order valence-electron chi connectivity index (χ1n) is 9.63. The number of anilines is 1. The van der Waals surface area contributed by atoms with Gasteiger partial charge < -0.3 is 4.74 Å². The summed E-state index contributed by atoms with van der Waals surface area (Å²) in [5, 5.41) is 4.46. The molecule has 0 saturated heterocycles. The number of hydrogen-bond donors (Lipinski definition) is 0. The van der Waals surface area contributed by atoms with Gasteiger partial charge in [0.2, 0.25) is 10.0 Å². The van der Waals surface area contributed by atoms with Crippen LogP contribution in [-0.4, -0.2) is 37.0 Å². The van der Waals surface area contributed by atoms with Gasteiger partial charge in [0.25, 0.3) is 0 Å². The first kappa shape index (κ1) is 20.2. The number of ether oxygens (including phenoxy) is 1. The van der Waals surface area contributed by atoms with Crippen LogP contribution in [0.2, 0.25) is 0 Å². The minimum absolute atomic E-state index is 0.156. The van der Waals surface area contributed by atoms with Crippen LogP contribution in [0.3, 0.4) is 0 Å². The van der Waals surface area contributed by atoms with E-state index in [1.54, 1.807) is 18.2 Å². The van der Waals surface area contributed by atoms with Crippen molar-refractivity contribution in [3.63, 3.8) is 0 Å². The minimum Gasteiger partial charge on any atom is -0.457 e. The summed E-state index contributed by atoms with van der Waals surface area (Å²) in [6, 6.07) is 14.7. The van der Waals surface area contributed by atoms with Crippen LogP contribution in [0.5, 0.6) is 0 Å². The summed E-state index contributed by atoms with van der Waals surface area (Å²) in [6.45, 7) is 4.51. The maximum Gasteiger partial charge on any atom is 0.338 e. The molecule has 3 aromatic rings. The van der Waals surface area contributed by atoms with Gasteiger partial charge in [-0.1, -0.05) is 12.1 Å². The molecule has 0 atom stereocenters. The largest absolute Gasteiger partial charge is 0.457 e. The van der Waals surface area contributed by atoms with Crippen molar-refractivity contribution in [2.75, 3.05) is 17.1 Å². The number of rotatable bonds is 5. The fraction of sp³-hybridized carbons (Fsp3) is 0.273. The Kier molecular flexibility index (Phi) is 5.11. The van der Waals surface area contributed by atoms with E-state index in [1.807, 2.05) is 48.9 Å². The lowest BCUT2D eigenvalue weighted by atomic mass is 10.1. The number of carbonyl (C=O) groups excluding carboxylic acids is 1. The van der Waals surface area contributed by atoms with E-state index >= 15 is 0 Å². The van der Waals surface area contributed by atoms with Gasteiger partial charge in [-0.2, -0.15) is 5.10 Å². The molecule has 0 unspecified atom stereocenters. The summed E-state index contributed by atoms with van der Waals surface area (Å²) in [5.74, 6) is -0.432. The van der Waals surface area contributed by atoms with Gasteiger partial charge in [-0.05, 0) is 67.8 Å². The smallest absolute Gasteiger partial charge is 0.338 e. The Morgan fingerprint density at radius 3 is 2.47 bits per heavy atom. The van der Waals surface area contributed by atoms with E-state index < -0.39 is 16.0 Å². The van der Waals surface area contributed by atoms with Crippen LogP contribution in [0.4, 0.5) is 5.69 Å². The number of hydrogen-bond acceptors (Lipinski definition) is 5. The van der Waals surface area contributed by atoms with Crippen molar-refractivity contribution in [3.05, 3.63) is 76.6 Å². The Morgan fingerprint density at radius 2 is 1.83 bits per heavy atom. The van der Waals surface area contributed by atoms with E-state index in [1.165, 1.54) is 10.6 Å². The zero-order chi connectivity index (χ0) is 21.5. The molecule has 0 aliphatic carbocycles. The molecule has 1 aliphatic heterocycles. The van der Waals surface area contributed by atoms with Gasteiger partial charge in [0.15, 0.2) is 0 Å². The fourth-order valence-corrected chi connectivity index (χ4v) is 4.66. The molecule has 0 N–H and O–H groups in total. The number of nitrogens with zero attached hydrogens (tertiary/aromatic N) is 3. The molecule has 2 aromatic carbocycles. The van der Waals surface area contributed by atoms with Gasteiger partial charge in [-0.3, -0.25) is 4.31 Å². The summed E-state index contributed by atoms with van der Waals surface area (Å²) >= 11 is 0. The van der Waals surface area contributed by atoms with Crippen molar-refractivity contribution in [2.24, 2.45) is 0 Å². The van der Waals surface area contributed by atoms with Gasteiger partial charge in [0, 0.05) is 12.2 Å². The molecule has 1 aliphatic rings. The van der Waals surface area contributed by atoms with E-state index in [0.29, 0.717) is 24.2 Å². The molecule has 0 fully saturated rings. The maximum atomic E-state index is 12.5. The maximum absolute atomic E-state index is 12.5. The number of carbonyl (C=O) groups is 1. The number of sulfonamides is 1. The third-order valence-corrected chi connectivity index (χ3v) is 6.31. The van der Waals surface area contributed by atoms with Crippen LogP contribution < -0.4 is 4.31 Å². The molecule has 1 aromatic heterocycles. The molecule has 0 saturated carbocycles. The number of aryl methyl sites for hydroxylation is 2. The second-order valence-electron chi connectivity index (χ2n) is 7.51. The van der Waals surface area contributed by atoms with E-state index in [0.717, 1.165) is 28.2 Å². The molecule has 0 bridgehead atoms. The third-order valence-electron chi connectivity index (χ3n) is 5.13. The Labute approximate surface area is 175 Å². The van der Waals surface area contributed by atoms with Crippen molar-refractivity contribution in [1.82, 2.24) is 9.78 Å². The zero-order valence-electron chi connectivity index (χ0n) is 17.1. The highest BCUT2D eigenvalue weighted by Gasteiger charge is 2.27. The second-order valence-corrected chi connectivity index (χ2v) is 9.42. The van der Waals surface area contributed by atoms with Crippen molar-refractivity contribution < 1.29 is 17.9 Å². The van der Waals surface area contributed by atoms with E-state index in [2.05, 4.69) is 5.10 Å². The van der Waals surface area contributed by atoms with Crippen LogP contribution in [0, 0.1) is 13.8 Å². The highest BCUT2D eigenvalue weighted by Crippen LogP contribution is 2.31. The van der Waals surface area contributed by atoms with Crippen LogP contribution in [0.1, 0.15) is 32.9 Å². The number of aromatic nitrogens is 2. The number of fused-ring (bicyclic) bond motifs is 1. The lowest BCUT2D eigenvalue weighted by Gasteiger charge is -2.16. The Hall–Kier alpha value is -3.13. The lowest BCUT2D eigenvalue weighted by molar-refractivity contribution is 0.0472. The fourth-order valence-electron chi connectivity index (χ4n) is 3.70. The molecule has 156 valence electrons. The lowest BCUT2D eigenvalue weighted by Crippen LogP contribution is -2.27. The molecule has 8 heteroatoms. The summed E-state index contributed by atoms with van der Waals surface area (Å²) < 4.78 is 32.4. The third kappa shape index (κ3) is 3.95. The van der Waals surface area contributed by atoms with Gasteiger partial charge in [0.05, 0.1) is 28.9 Å². The average Bonchev–Trinajstić information content (AvgIpc) is 3.28. The molecule has 4 rings (SSSR count). The van der Waals surface area contributed by atoms with Crippen molar-refractivity contribution >= 4 is 21.7 Å². The monoisotopic (exact) mass is 425 g/mol. The first-order chi connectivity index (χ1) is 14.2. The molecular formula is C22H23N3O4S. The Balaban J connectivity index is 1.42. The van der Waals surface area contributed by atoms with Gasteiger partial charge in [-0.15, -0.1) is 0 Å². The Morgan fingerprint density at radius 1 is 1.10 bits per heavy atom. The molecule has 0 amide bonds. The summed E-state index contributed by atoms with van der Waals surface area (Å²) in [4.78, 5) is 12.5. The van der Waals surface area contributed by atoms with Crippen LogP contribution >= 0.6 is 0 Å². The quantitative estimate of drug-likeness (QED) is 0.587. The molecule has 2 heterocycles. The molecule has 0 radical (unpaired) electrons. The van der Waals surface area contributed by atoms with Crippen molar-refractivity contribution in [1.29, 1.82) is 0 Å².